The average Bonchev–Trinajstić information content (AvgIpc) is 2.91. The zero-order chi connectivity index (χ0) is 30.0. The highest BCUT2D eigenvalue weighted by molar-refractivity contribution is 7.89. The van der Waals surface area contributed by atoms with Crippen LogP contribution in [0.1, 0.15) is 34.7 Å². The molecule has 218 valence electrons. The molecular formula is C27H22F6N2O5S. The number of hydrogen-bond donors (Lipinski definition) is 1. The van der Waals surface area contributed by atoms with E-state index >= 15 is 0 Å². The summed E-state index contributed by atoms with van der Waals surface area (Å²) in [6, 6.07) is 14.0. The maximum atomic E-state index is 13.4. The lowest BCUT2D eigenvalue weighted by molar-refractivity contribution is -0.148. The van der Waals surface area contributed by atoms with Crippen molar-refractivity contribution < 1.29 is 49.1 Å². The van der Waals surface area contributed by atoms with Crippen molar-refractivity contribution in [3.63, 3.8) is 0 Å². The van der Waals surface area contributed by atoms with Gasteiger partial charge in [0.05, 0.1) is 28.5 Å². The number of rotatable bonds is 7. The van der Waals surface area contributed by atoms with E-state index in [9.17, 15) is 44.3 Å². The number of nitrogens with one attached hydrogen (secondary N) is 1. The van der Waals surface area contributed by atoms with Gasteiger partial charge < -0.3 is 10.1 Å². The first kappa shape index (κ1) is 30.1. The van der Waals surface area contributed by atoms with Crippen LogP contribution in [0.3, 0.4) is 0 Å². The zero-order valence-corrected chi connectivity index (χ0v) is 21.8. The van der Waals surface area contributed by atoms with Gasteiger partial charge in [-0.15, -0.1) is 0 Å². The first-order valence-electron chi connectivity index (χ1n) is 12.1. The molecule has 14 heteroatoms. The summed E-state index contributed by atoms with van der Waals surface area (Å²) in [5.41, 5.74) is -2.68. The van der Waals surface area contributed by atoms with Gasteiger partial charge in [0.2, 0.25) is 10.0 Å². The van der Waals surface area contributed by atoms with Crippen molar-refractivity contribution >= 4 is 27.6 Å². The van der Waals surface area contributed by atoms with Crippen molar-refractivity contribution in [2.45, 2.75) is 36.1 Å². The van der Waals surface area contributed by atoms with Gasteiger partial charge in [-0.1, -0.05) is 42.5 Å². The molecule has 1 atom stereocenters. The average molecular weight is 601 g/mol. The number of amides is 1. The van der Waals surface area contributed by atoms with Crippen LogP contribution in [0.15, 0.2) is 77.7 Å². The number of esters is 1. The summed E-state index contributed by atoms with van der Waals surface area (Å²) >= 11 is 0. The molecule has 1 amide bonds. The zero-order valence-electron chi connectivity index (χ0n) is 21.0. The Bertz CT molecular complexity index is 1510. The van der Waals surface area contributed by atoms with E-state index in [4.69, 9.17) is 4.74 Å². The van der Waals surface area contributed by atoms with Gasteiger partial charge in [-0.25, -0.2) is 8.42 Å². The summed E-state index contributed by atoms with van der Waals surface area (Å²) in [4.78, 5) is 25.0. The number of carbonyl (C=O) groups is 2. The van der Waals surface area contributed by atoms with Crippen LogP contribution in [0.25, 0.3) is 0 Å². The number of benzene rings is 3. The number of fused-ring (bicyclic) bond motifs is 1. The highest BCUT2D eigenvalue weighted by Gasteiger charge is 2.39. The number of ether oxygens (including phenoxy) is 1. The lowest BCUT2D eigenvalue weighted by Crippen LogP contribution is -2.41. The van der Waals surface area contributed by atoms with Gasteiger partial charge in [-0.2, -0.15) is 30.6 Å². The Hall–Kier alpha value is -3.91. The molecule has 0 saturated carbocycles. The van der Waals surface area contributed by atoms with E-state index in [0.717, 1.165) is 9.87 Å². The molecule has 1 heterocycles. The molecule has 1 aliphatic rings. The fraction of sp³-hybridized carbons (Fsp3) is 0.259. The van der Waals surface area contributed by atoms with Gasteiger partial charge in [-0.05, 0) is 47.9 Å². The SMILES string of the molecule is O=C(COC(=O)C[C@@H]1c2ccccc2CCN1S(=O)(=O)c1ccccc1)Nc1cc(C(F)(F)F)cc(C(F)(F)F)c1. The third-order valence-corrected chi connectivity index (χ3v) is 8.23. The molecule has 0 bridgehead atoms. The van der Waals surface area contributed by atoms with Crippen LogP contribution in [0, 0.1) is 0 Å². The number of alkyl halides is 6. The van der Waals surface area contributed by atoms with E-state index in [1.165, 1.54) is 12.1 Å². The van der Waals surface area contributed by atoms with E-state index < -0.39 is 70.1 Å². The molecule has 0 radical (unpaired) electrons. The van der Waals surface area contributed by atoms with Gasteiger partial charge in [0.25, 0.3) is 5.91 Å². The van der Waals surface area contributed by atoms with Crippen molar-refractivity contribution in [3.05, 3.63) is 95.1 Å². The molecule has 0 spiro atoms. The van der Waals surface area contributed by atoms with Crippen LogP contribution in [0.4, 0.5) is 32.0 Å². The van der Waals surface area contributed by atoms with Crippen molar-refractivity contribution in [3.8, 4) is 0 Å². The summed E-state index contributed by atoms with van der Waals surface area (Å²) in [5.74, 6) is -2.20. The monoisotopic (exact) mass is 600 g/mol. The molecular weight excluding hydrogens is 578 g/mol. The van der Waals surface area contributed by atoms with Crippen LogP contribution >= 0.6 is 0 Å². The minimum atomic E-state index is -5.12. The standard InChI is InChI=1S/C27H22F6N2O5S/c28-26(29,30)18-12-19(27(31,32)33)14-20(13-18)34-24(36)16-40-25(37)15-23-22-9-5-4-6-17(22)10-11-35(23)41(38,39)21-7-2-1-3-8-21/h1-9,12-14,23H,10-11,15-16H2,(H,34,36)/t23-/m1/s1. The normalized spacial score (nSPS) is 16.1. The van der Waals surface area contributed by atoms with Crippen molar-refractivity contribution in [1.82, 2.24) is 4.31 Å². The van der Waals surface area contributed by atoms with Crippen molar-refractivity contribution in [2.75, 3.05) is 18.5 Å². The Kier molecular flexibility index (Phi) is 8.45. The van der Waals surface area contributed by atoms with Crippen molar-refractivity contribution in [2.24, 2.45) is 0 Å². The molecule has 3 aromatic carbocycles. The Morgan fingerprint density at radius 3 is 2.07 bits per heavy atom. The van der Waals surface area contributed by atoms with Gasteiger partial charge >= 0.3 is 18.3 Å². The van der Waals surface area contributed by atoms with Crippen LogP contribution in [-0.2, 0) is 43.1 Å². The minimum Gasteiger partial charge on any atom is -0.456 e. The van der Waals surface area contributed by atoms with Crippen molar-refractivity contribution in [1.29, 1.82) is 0 Å². The molecule has 0 aromatic heterocycles. The highest BCUT2D eigenvalue weighted by atomic mass is 32.2. The molecule has 0 aliphatic carbocycles. The molecule has 0 fully saturated rings. The maximum absolute atomic E-state index is 13.4. The third kappa shape index (κ3) is 7.06. The minimum absolute atomic E-state index is 0.0106. The number of halogens is 6. The largest absolute Gasteiger partial charge is 0.456 e. The number of hydrogen-bond acceptors (Lipinski definition) is 5. The Balaban J connectivity index is 1.49. The summed E-state index contributed by atoms with van der Waals surface area (Å²) < 4.78 is 111. The van der Waals surface area contributed by atoms with Crippen LogP contribution in [0.2, 0.25) is 0 Å². The molecule has 7 nitrogen and oxygen atoms in total. The molecule has 1 N–H and O–H groups in total. The topological polar surface area (TPSA) is 92.8 Å². The van der Waals surface area contributed by atoms with Crippen LogP contribution in [-0.4, -0.2) is 37.8 Å². The smallest absolute Gasteiger partial charge is 0.416 e. The summed E-state index contributed by atoms with van der Waals surface area (Å²) in [7, 11) is -4.04. The molecule has 3 aromatic rings. The molecule has 0 saturated heterocycles. The molecule has 1 aliphatic heterocycles. The maximum Gasteiger partial charge on any atom is 0.416 e. The first-order chi connectivity index (χ1) is 19.2. The Labute approximate surface area is 230 Å². The van der Waals surface area contributed by atoms with Gasteiger partial charge in [0.1, 0.15) is 0 Å². The number of nitrogens with zero attached hydrogens (tertiary/aromatic N) is 1. The lowest BCUT2D eigenvalue weighted by atomic mass is 9.92. The lowest BCUT2D eigenvalue weighted by Gasteiger charge is -2.36. The molecule has 0 unspecified atom stereocenters. The Morgan fingerprint density at radius 1 is 0.878 bits per heavy atom. The second-order valence-electron chi connectivity index (χ2n) is 9.10. The summed E-state index contributed by atoms with van der Waals surface area (Å²) in [6.07, 6.45) is -10.4. The van der Waals surface area contributed by atoms with Gasteiger partial charge in [-0.3, -0.25) is 9.59 Å². The highest BCUT2D eigenvalue weighted by Crippen LogP contribution is 2.38. The number of sulfonamides is 1. The Morgan fingerprint density at radius 2 is 1.46 bits per heavy atom. The van der Waals surface area contributed by atoms with E-state index in [-0.39, 0.29) is 17.5 Å². The third-order valence-electron chi connectivity index (χ3n) is 6.31. The fourth-order valence-electron chi connectivity index (χ4n) is 4.44. The van der Waals surface area contributed by atoms with Gasteiger partial charge in [0.15, 0.2) is 6.61 Å². The van der Waals surface area contributed by atoms with Crippen LogP contribution < -0.4 is 5.32 Å². The molecule has 4 rings (SSSR count). The fourth-order valence-corrected chi connectivity index (χ4v) is 6.07. The first-order valence-corrected chi connectivity index (χ1v) is 13.5. The van der Waals surface area contributed by atoms with E-state index in [0.29, 0.717) is 24.1 Å². The van der Waals surface area contributed by atoms with E-state index in [1.54, 1.807) is 42.5 Å². The quantitative estimate of drug-likeness (QED) is 0.282. The number of carbonyl (C=O) groups excluding carboxylic acids is 2. The molecule has 41 heavy (non-hydrogen) atoms. The van der Waals surface area contributed by atoms with E-state index in [2.05, 4.69) is 0 Å². The summed E-state index contributed by atoms with van der Waals surface area (Å²) in [5, 5.41) is 1.87. The second-order valence-corrected chi connectivity index (χ2v) is 11.0. The van der Waals surface area contributed by atoms with Crippen LogP contribution in [0.5, 0.6) is 0 Å². The van der Waals surface area contributed by atoms with E-state index in [1.807, 2.05) is 5.32 Å². The predicted octanol–water partition coefficient (Wildman–Crippen LogP) is 5.58. The second kappa shape index (κ2) is 11.5. The van der Waals surface area contributed by atoms with Gasteiger partial charge in [0, 0.05) is 12.2 Å². The summed E-state index contributed by atoms with van der Waals surface area (Å²) in [6.45, 7) is -0.972. The number of anilines is 1. The predicted molar refractivity (Wildman–Crippen MR) is 134 cm³/mol.